The lowest BCUT2D eigenvalue weighted by Gasteiger charge is -2.06. The van der Waals surface area contributed by atoms with Crippen LogP contribution in [0, 0.1) is 0 Å². The lowest BCUT2D eigenvalue weighted by Crippen LogP contribution is -2.17. The quantitative estimate of drug-likeness (QED) is 0.580. The van der Waals surface area contributed by atoms with Gasteiger partial charge in [0.2, 0.25) is 0 Å². The van der Waals surface area contributed by atoms with Crippen LogP contribution in [-0.2, 0) is 13.5 Å². The van der Waals surface area contributed by atoms with Gasteiger partial charge in [-0.3, -0.25) is 0 Å². The molecule has 1 rings (SSSR count). The average Bonchev–Trinajstić information content (AvgIpc) is 2.31. The summed E-state index contributed by atoms with van der Waals surface area (Å²) < 4.78 is 1.70. The van der Waals surface area contributed by atoms with Crippen molar-refractivity contribution in [2.45, 2.75) is 6.42 Å². The summed E-state index contributed by atoms with van der Waals surface area (Å²) in [7, 11) is 5.92. The number of hydrogen-bond donors (Lipinski definition) is 0. The van der Waals surface area contributed by atoms with Crippen LogP contribution in [-0.4, -0.2) is 45.7 Å². The SMILES string of the molecule is CN(C)CCc1nnnn1C. The van der Waals surface area contributed by atoms with Crippen molar-refractivity contribution < 1.29 is 0 Å². The topological polar surface area (TPSA) is 46.8 Å². The maximum Gasteiger partial charge on any atom is 0.152 e. The third-order valence-electron chi connectivity index (χ3n) is 1.49. The summed E-state index contributed by atoms with van der Waals surface area (Å²) in [5, 5.41) is 11.1. The van der Waals surface area contributed by atoms with Crippen LogP contribution >= 0.6 is 0 Å². The van der Waals surface area contributed by atoms with Crippen molar-refractivity contribution in [3.63, 3.8) is 0 Å². The van der Waals surface area contributed by atoms with Gasteiger partial charge in [-0.2, -0.15) is 0 Å². The van der Waals surface area contributed by atoms with Gasteiger partial charge in [0.1, 0.15) is 0 Å². The summed E-state index contributed by atoms with van der Waals surface area (Å²) in [6.07, 6.45) is 0.899. The van der Waals surface area contributed by atoms with E-state index in [-0.39, 0.29) is 0 Å². The van der Waals surface area contributed by atoms with Crippen LogP contribution in [0.3, 0.4) is 0 Å². The summed E-state index contributed by atoms with van der Waals surface area (Å²) in [5.41, 5.74) is 0. The Balaban J connectivity index is 2.44. The lowest BCUT2D eigenvalue weighted by molar-refractivity contribution is 0.406. The fraction of sp³-hybridized carbons (Fsp3) is 0.833. The van der Waals surface area contributed by atoms with Crippen molar-refractivity contribution >= 4 is 0 Å². The molecule has 5 nitrogen and oxygen atoms in total. The standard InChI is InChI=1S/C6H13N5/c1-10(2)5-4-6-7-8-9-11(6)3/h4-5H2,1-3H3. The highest BCUT2D eigenvalue weighted by Crippen LogP contribution is 1.90. The molecule has 0 saturated carbocycles. The van der Waals surface area contributed by atoms with Crippen LogP contribution in [0.2, 0.25) is 0 Å². The molecule has 62 valence electrons. The zero-order valence-electron chi connectivity index (χ0n) is 7.15. The van der Waals surface area contributed by atoms with Crippen LogP contribution < -0.4 is 0 Å². The van der Waals surface area contributed by atoms with Crippen molar-refractivity contribution in [1.29, 1.82) is 0 Å². The second-order valence-corrected chi connectivity index (χ2v) is 2.77. The van der Waals surface area contributed by atoms with E-state index in [0.29, 0.717) is 0 Å². The summed E-state index contributed by atoms with van der Waals surface area (Å²) in [6, 6.07) is 0. The summed E-state index contributed by atoms with van der Waals surface area (Å²) in [5.74, 6) is 0.929. The minimum atomic E-state index is 0.899. The van der Waals surface area contributed by atoms with Crippen LogP contribution in [0.5, 0.6) is 0 Å². The molecular weight excluding hydrogens is 142 g/mol. The van der Waals surface area contributed by atoms with Crippen LogP contribution in [0.25, 0.3) is 0 Å². The molecule has 0 aromatic carbocycles. The van der Waals surface area contributed by atoms with Gasteiger partial charge in [-0.15, -0.1) is 5.10 Å². The Morgan fingerprint density at radius 3 is 2.64 bits per heavy atom. The van der Waals surface area contributed by atoms with Gasteiger partial charge in [-0.1, -0.05) is 0 Å². The number of rotatable bonds is 3. The highest BCUT2D eigenvalue weighted by atomic mass is 15.5. The van der Waals surface area contributed by atoms with Gasteiger partial charge in [0, 0.05) is 20.0 Å². The van der Waals surface area contributed by atoms with Crippen molar-refractivity contribution in [3.8, 4) is 0 Å². The molecule has 0 amide bonds. The number of likely N-dealkylation sites (N-methyl/N-ethyl adjacent to an activating group) is 1. The Hall–Kier alpha value is -0.970. The van der Waals surface area contributed by atoms with E-state index in [1.165, 1.54) is 0 Å². The van der Waals surface area contributed by atoms with Gasteiger partial charge in [0.25, 0.3) is 0 Å². The van der Waals surface area contributed by atoms with E-state index < -0.39 is 0 Å². The number of aromatic nitrogens is 4. The Labute approximate surface area is 66.0 Å². The minimum absolute atomic E-state index is 0.899. The molecule has 0 bridgehead atoms. The van der Waals surface area contributed by atoms with E-state index in [1.807, 2.05) is 21.1 Å². The minimum Gasteiger partial charge on any atom is -0.309 e. The molecule has 0 spiro atoms. The normalized spacial score (nSPS) is 10.9. The van der Waals surface area contributed by atoms with Gasteiger partial charge in [0.15, 0.2) is 5.82 Å². The molecule has 0 aliphatic carbocycles. The first-order valence-electron chi connectivity index (χ1n) is 3.56. The number of tetrazole rings is 1. The van der Waals surface area contributed by atoms with Crippen LogP contribution in [0.15, 0.2) is 0 Å². The Morgan fingerprint density at radius 2 is 2.18 bits per heavy atom. The molecule has 1 aromatic rings. The molecule has 5 heteroatoms. The Morgan fingerprint density at radius 1 is 1.45 bits per heavy atom. The van der Waals surface area contributed by atoms with E-state index in [2.05, 4.69) is 20.4 Å². The number of nitrogens with zero attached hydrogens (tertiary/aromatic N) is 5. The summed E-state index contributed by atoms with van der Waals surface area (Å²) in [6.45, 7) is 0.980. The smallest absolute Gasteiger partial charge is 0.152 e. The monoisotopic (exact) mass is 155 g/mol. The van der Waals surface area contributed by atoms with E-state index in [4.69, 9.17) is 0 Å². The first-order valence-corrected chi connectivity index (χ1v) is 3.56. The largest absolute Gasteiger partial charge is 0.309 e. The van der Waals surface area contributed by atoms with Gasteiger partial charge in [-0.25, -0.2) is 4.68 Å². The predicted molar refractivity (Wildman–Crippen MR) is 41.1 cm³/mol. The van der Waals surface area contributed by atoms with Crippen LogP contribution in [0.4, 0.5) is 0 Å². The van der Waals surface area contributed by atoms with E-state index >= 15 is 0 Å². The fourth-order valence-corrected chi connectivity index (χ4v) is 0.783. The average molecular weight is 155 g/mol. The third-order valence-corrected chi connectivity index (χ3v) is 1.49. The lowest BCUT2D eigenvalue weighted by atomic mass is 10.4. The van der Waals surface area contributed by atoms with E-state index in [1.54, 1.807) is 4.68 Å². The Kier molecular flexibility index (Phi) is 2.53. The van der Waals surface area contributed by atoms with Gasteiger partial charge in [0.05, 0.1) is 0 Å². The zero-order chi connectivity index (χ0) is 8.27. The molecule has 1 heterocycles. The maximum absolute atomic E-state index is 3.86. The molecule has 0 atom stereocenters. The summed E-state index contributed by atoms with van der Waals surface area (Å²) in [4.78, 5) is 2.11. The molecule has 0 radical (unpaired) electrons. The number of aryl methyl sites for hydroxylation is 1. The Bertz CT molecular complexity index is 217. The molecule has 0 fully saturated rings. The fourth-order valence-electron chi connectivity index (χ4n) is 0.783. The van der Waals surface area contributed by atoms with Crippen molar-refractivity contribution in [1.82, 2.24) is 25.1 Å². The van der Waals surface area contributed by atoms with E-state index in [9.17, 15) is 0 Å². The second-order valence-electron chi connectivity index (χ2n) is 2.77. The van der Waals surface area contributed by atoms with Crippen molar-refractivity contribution in [3.05, 3.63) is 5.82 Å². The third kappa shape index (κ3) is 2.27. The maximum atomic E-state index is 3.86. The first kappa shape index (κ1) is 8.13. The molecular formula is C6H13N5. The van der Waals surface area contributed by atoms with Crippen molar-refractivity contribution in [2.24, 2.45) is 7.05 Å². The molecule has 0 aliphatic heterocycles. The van der Waals surface area contributed by atoms with Crippen molar-refractivity contribution in [2.75, 3.05) is 20.6 Å². The predicted octanol–water partition coefficient (Wildman–Crippen LogP) is -0.686. The molecule has 11 heavy (non-hydrogen) atoms. The van der Waals surface area contributed by atoms with E-state index in [0.717, 1.165) is 18.8 Å². The zero-order valence-corrected chi connectivity index (χ0v) is 7.15. The van der Waals surface area contributed by atoms with Gasteiger partial charge < -0.3 is 4.90 Å². The van der Waals surface area contributed by atoms with Crippen LogP contribution in [0.1, 0.15) is 5.82 Å². The highest BCUT2D eigenvalue weighted by molar-refractivity contribution is 4.79. The molecule has 0 unspecified atom stereocenters. The molecule has 0 aliphatic rings. The van der Waals surface area contributed by atoms with Gasteiger partial charge in [-0.05, 0) is 24.5 Å². The first-order chi connectivity index (χ1) is 5.20. The molecule has 0 saturated heterocycles. The van der Waals surface area contributed by atoms with Gasteiger partial charge >= 0.3 is 0 Å². The second kappa shape index (κ2) is 3.43. The highest BCUT2D eigenvalue weighted by Gasteiger charge is 2.00. The molecule has 1 aromatic heterocycles. The number of hydrogen-bond acceptors (Lipinski definition) is 4. The molecule has 0 N–H and O–H groups in total. The summed E-state index contributed by atoms with van der Waals surface area (Å²) >= 11 is 0.